The van der Waals surface area contributed by atoms with Gasteiger partial charge in [0.1, 0.15) is 0 Å². The summed E-state index contributed by atoms with van der Waals surface area (Å²) < 4.78 is 5.65. The summed E-state index contributed by atoms with van der Waals surface area (Å²) in [6.07, 6.45) is 0.116. The summed E-state index contributed by atoms with van der Waals surface area (Å²) in [6, 6.07) is 1.87. The minimum atomic E-state index is 0.116. The zero-order valence-corrected chi connectivity index (χ0v) is 13.8. The van der Waals surface area contributed by atoms with Crippen molar-refractivity contribution in [2.24, 2.45) is 0 Å². The van der Waals surface area contributed by atoms with Gasteiger partial charge >= 0.3 is 0 Å². The molecule has 20 heavy (non-hydrogen) atoms. The van der Waals surface area contributed by atoms with Gasteiger partial charge < -0.3 is 15.0 Å². The van der Waals surface area contributed by atoms with Crippen molar-refractivity contribution in [2.45, 2.75) is 53.2 Å². The first-order valence-electron chi connectivity index (χ1n) is 7.16. The molecule has 0 spiro atoms. The third-order valence-corrected chi connectivity index (χ3v) is 2.62. The van der Waals surface area contributed by atoms with Gasteiger partial charge in [-0.15, -0.1) is 0 Å². The van der Waals surface area contributed by atoms with E-state index in [2.05, 4.69) is 36.1 Å². The Labute approximate surface area is 122 Å². The van der Waals surface area contributed by atoms with E-state index in [-0.39, 0.29) is 11.6 Å². The van der Waals surface area contributed by atoms with E-state index in [9.17, 15) is 0 Å². The maximum Gasteiger partial charge on any atom is 0.228 e. The van der Waals surface area contributed by atoms with Crippen LogP contribution in [0.2, 0.25) is 0 Å². The van der Waals surface area contributed by atoms with E-state index in [1.54, 1.807) is 0 Å². The number of nitrogens with one attached hydrogen (secondary N) is 1. The minimum absolute atomic E-state index is 0.116. The molecule has 0 radical (unpaired) electrons. The van der Waals surface area contributed by atoms with Crippen molar-refractivity contribution >= 4 is 5.95 Å². The molecule has 1 N–H and O–H groups in total. The first-order valence-corrected chi connectivity index (χ1v) is 7.16. The van der Waals surface area contributed by atoms with Crippen LogP contribution in [0, 0.1) is 6.92 Å². The maximum absolute atomic E-state index is 5.65. The molecule has 1 aromatic rings. The highest BCUT2D eigenvalue weighted by atomic mass is 16.5. The van der Waals surface area contributed by atoms with Crippen LogP contribution in [0.3, 0.4) is 0 Å². The first kappa shape index (κ1) is 16.7. The highest BCUT2D eigenvalue weighted by Gasteiger charge is 2.11. The second kappa shape index (κ2) is 6.88. The Kier molecular flexibility index (Phi) is 5.74. The van der Waals surface area contributed by atoms with Gasteiger partial charge in [0, 0.05) is 37.4 Å². The fourth-order valence-corrected chi connectivity index (χ4v) is 1.70. The number of hydrogen-bond donors (Lipinski definition) is 1. The molecule has 5 heteroatoms. The van der Waals surface area contributed by atoms with E-state index in [0.29, 0.717) is 11.8 Å². The number of nitrogens with zero attached hydrogens (tertiary/aromatic N) is 3. The van der Waals surface area contributed by atoms with Crippen LogP contribution in [0.1, 0.15) is 40.3 Å². The normalized spacial score (nSPS) is 11.8. The lowest BCUT2D eigenvalue weighted by atomic mass is 10.1. The maximum atomic E-state index is 5.65. The van der Waals surface area contributed by atoms with E-state index in [1.165, 1.54) is 0 Å². The summed E-state index contributed by atoms with van der Waals surface area (Å²) in [7, 11) is 2.00. The molecule has 1 rings (SSSR count). The van der Waals surface area contributed by atoms with Gasteiger partial charge in [0.15, 0.2) is 0 Å². The molecule has 0 aliphatic rings. The molecule has 0 aromatic carbocycles. The Hall–Kier alpha value is -1.36. The number of hydrogen-bond acceptors (Lipinski definition) is 5. The molecular weight excluding hydrogens is 252 g/mol. The van der Waals surface area contributed by atoms with E-state index in [1.807, 2.05) is 38.8 Å². The fourth-order valence-electron chi connectivity index (χ4n) is 1.70. The molecule has 0 unspecified atom stereocenters. The molecule has 0 saturated carbocycles. The van der Waals surface area contributed by atoms with Crippen LogP contribution in [-0.4, -0.2) is 41.7 Å². The number of ether oxygens (including phenoxy) is 1. The predicted octanol–water partition coefficient (Wildman–Crippen LogP) is 2.40. The quantitative estimate of drug-likeness (QED) is 0.867. The molecule has 0 amide bonds. The largest absolute Gasteiger partial charge is 0.475 e. The molecule has 0 fully saturated rings. The van der Waals surface area contributed by atoms with Crippen LogP contribution in [-0.2, 0) is 0 Å². The highest BCUT2D eigenvalue weighted by Crippen LogP contribution is 2.15. The summed E-state index contributed by atoms with van der Waals surface area (Å²) in [5.74, 6) is 1.34. The minimum Gasteiger partial charge on any atom is -0.475 e. The van der Waals surface area contributed by atoms with Crippen molar-refractivity contribution in [3.8, 4) is 5.88 Å². The Morgan fingerprint density at radius 2 is 1.95 bits per heavy atom. The summed E-state index contributed by atoms with van der Waals surface area (Å²) in [4.78, 5) is 11.0. The van der Waals surface area contributed by atoms with E-state index in [4.69, 9.17) is 4.74 Å². The molecule has 1 heterocycles. The lowest BCUT2D eigenvalue weighted by Gasteiger charge is -2.24. The molecule has 0 saturated heterocycles. The van der Waals surface area contributed by atoms with Gasteiger partial charge in [-0.3, -0.25) is 0 Å². The van der Waals surface area contributed by atoms with Gasteiger partial charge in [-0.2, -0.15) is 4.98 Å². The molecule has 0 aliphatic carbocycles. The van der Waals surface area contributed by atoms with E-state index in [0.717, 1.165) is 18.8 Å². The zero-order chi connectivity index (χ0) is 15.3. The lowest BCUT2D eigenvalue weighted by Crippen LogP contribution is -2.40. The van der Waals surface area contributed by atoms with Gasteiger partial charge in [-0.25, -0.2) is 4.98 Å². The SMILES string of the molecule is Cc1cc(OC(C)C)nc(N(C)CCNC(C)(C)C)n1. The van der Waals surface area contributed by atoms with Gasteiger partial charge in [0.05, 0.1) is 6.10 Å². The molecular formula is C15H28N4O. The van der Waals surface area contributed by atoms with Crippen LogP contribution in [0.25, 0.3) is 0 Å². The predicted molar refractivity (Wildman–Crippen MR) is 83.6 cm³/mol. The zero-order valence-electron chi connectivity index (χ0n) is 13.8. The third kappa shape index (κ3) is 6.19. The van der Waals surface area contributed by atoms with Crippen molar-refractivity contribution in [1.82, 2.24) is 15.3 Å². The molecule has 0 atom stereocenters. The number of likely N-dealkylation sites (N-methyl/N-ethyl adjacent to an activating group) is 1. The van der Waals surface area contributed by atoms with Crippen LogP contribution in [0.15, 0.2) is 6.07 Å². The van der Waals surface area contributed by atoms with E-state index < -0.39 is 0 Å². The Morgan fingerprint density at radius 3 is 2.50 bits per heavy atom. The lowest BCUT2D eigenvalue weighted by molar-refractivity contribution is 0.232. The molecule has 114 valence electrons. The topological polar surface area (TPSA) is 50.3 Å². The van der Waals surface area contributed by atoms with Crippen molar-refractivity contribution < 1.29 is 4.74 Å². The average molecular weight is 280 g/mol. The smallest absolute Gasteiger partial charge is 0.228 e. The Balaban J connectivity index is 2.67. The van der Waals surface area contributed by atoms with Gasteiger partial charge in [0.2, 0.25) is 11.8 Å². The van der Waals surface area contributed by atoms with E-state index >= 15 is 0 Å². The molecule has 0 aliphatic heterocycles. The third-order valence-electron chi connectivity index (χ3n) is 2.62. The van der Waals surface area contributed by atoms with Crippen LogP contribution >= 0.6 is 0 Å². The second-order valence-corrected chi connectivity index (χ2v) is 6.41. The van der Waals surface area contributed by atoms with Crippen molar-refractivity contribution in [3.63, 3.8) is 0 Å². The average Bonchev–Trinajstić information content (AvgIpc) is 2.25. The van der Waals surface area contributed by atoms with Gasteiger partial charge in [-0.1, -0.05) is 0 Å². The molecule has 0 bridgehead atoms. The Bertz CT molecular complexity index is 426. The molecule has 5 nitrogen and oxygen atoms in total. The first-order chi connectivity index (χ1) is 9.17. The standard InChI is InChI=1S/C15H28N4O/c1-11(2)20-13-10-12(3)17-14(18-13)19(7)9-8-16-15(4,5)6/h10-11,16H,8-9H2,1-7H3. The van der Waals surface area contributed by atoms with Crippen molar-refractivity contribution in [3.05, 3.63) is 11.8 Å². The van der Waals surface area contributed by atoms with Gasteiger partial charge in [0.25, 0.3) is 0 Å². The summed E-state index contributed by atoms with van der Waals surface area (Å²) in [6.45, 7) is 14.2. The van der Waals surface area contributed by atoms with Crippen LogP contribution in [0.5, 0.6) is 5.88 Å². The fraction of sp³-hybridized carbons (Fsp3) is 0.733. The number of rotatable bonds is 6. The number of aromatic nitrogens is 2. The van der Waals surface area contributed by atoms with Crippen LogP contribution < -0.4 is 15.0 Å². The Morgan fingerprint density at radius 1 is 1.30 bits per heavy atom. The summed E-state index contributed by atoms with van der Waals surface area (Å²) in [5, 5.41) is 3.46. The molecule has 1 aromatic heterocycles. The van der Waals surface area contributed by atoms with Crippen LogP contribution in [0.4, 0.5) is 5.95 Å². The van der Waals surface area contributed by atoms with Crippen molar-refractivity contribution in [2.75, 3.05) is 25.0 Å². The number of aryl methyl sites for hydroxylation is 1. The monoisotopic (exact) mass is 280 g/mol. The second-order valence-electron chi connectivity index (χ2n) is 6.41. The summed E-state index contributed by atoms with van der Waals surface area (Å²) >= 11 is 0. The van der Waals surface area contributed by atoms with Crippen molar-refractivity contribution in [1.29, 1.82) is 0 Å². The summed E-state index contributed by atoms with van der Waals surface area (Å²) in [5.41, 5.74) is 1.04. The number of anilines is 1. The highest BCUT2D eigenvalue weighted by molar-refractivity contribution is 5.33. The van der Waals surface area contributed by atoms with Gasteiger partial charge in [-0.05, 0) is 41.5 Å².